The van der Waals surface area contributed by atoms with Crippen LogP contribution in [0.5, 0.6) is 0 Å². The Morgan fingerprint density at radius 3 is 2.88 bits per heavy atom. The summed E-state index contributed by atoms with van der Waals surface area (Å²) in [6, 6.07) is 0.143. The van der Waals surface area contributed by atoms with Crippen LogP contribution in [0.3, 0.4) is 0 Å². The van der Waals surface area contributed by atoms with E-state index in [4.69, 9.17) is 4.98 Å². The number of thiophene rings is 1. The van der Waals surface area contributed by atoms with Crippen molar-refractivity contribution in [1.82, 2.24) is 14.9 Å². The van der Waals surface area contributed by atoms with Gasteiger partial charge in [0.25, 0.3) is 11.5 Å². The molecular formula is C20H29N3O2S. The third-order valence-electron chi connectivity index (χ3n) is 5.24. The summed E-state index contributed by atoms with van der Waals surface area (Å²) in [4.78, 5) is 31.8. The first-order valence-corrected chi connectivity index (χ1v) is 10.7. The molecule has 2 aromatic heterocycles. The monoisotopic (exact) mass is 375 g/mol. The largest absolute Gasteiger partial charge is 0.349 e. The van der Waals surface area contributed by atoms with Gasteiger partial charge in [0.2, 0.25) is 0 Å². The van der Waals surface area contributed by atoms with Gasteiger partial charge in [-0.2, -0.15) is 0 Å². The van der Waals surface area contributed by atoms with Crippen LogP contribution in [0.4, 0.5) is 0 Å². The van der Waals surface area contributed by atoms with Crippen LogP contribution in [0.25, 0.3) is 10.2 Å². The predicted octanol–water partition coefficient (Wildman–Crippen LogP) is 4.19. The summed E-state index contributed by atoms with van der Waals surface area (Å²) in [5, 5.41) is 3.72. The molecule has 0 aliphatic carbocycles. The fourth-order valence-corrected chi connectivity index (χ4v) is 4.78. The molecule has 26 heavy (non-hydrogen) atoms. The molecule has 0 radical (unpaired) electrons. The Morgan fingerprint density at radius 1 is 1.31 bits per heavy atom. The van der Waals surface area contributed by atoms with Gasteiger partial charge < -0.3 is 5.32 Å². The van der Waals surface area contributed by atoms with Gasteiger partial charge in [-0.15, -0.1) is 11.3 Å². The number of amides is 1. The Morgan fingerprint density at radius 2 is 2.12 bits per heavy atom. The van der Waals surface area contributed by atoms with E-state index in [1.54, 1.807) is 0 Å². The molecule has 6 heteroatoms. The summed E-state index contributed by atoms with van der Waals surface area (Å²) in [5.74, 6) is 0.801. The number of aromatic nitrogens is 2. The second kappa shape index (κ2) is 8.33. The van der Waals surface area contributed by atoms with Crippen LogP contribution >= 0.6 is 11.3 Å². The Balaban J connectivity index is 1.88. The smallest absolute Gasteiger partial charge is 0.262 e. The molecule has 0 saturated carbocycles. The summed E-state index contributed by atoms with van der Waals surface area (Å²) in [5.41, 5.74) is 0.802. The van der Waals surface area contributed by atoms with Crippen LogP contribution in [0.2, 0.25) is 0 Å². The Hall–Kier alpha value is -1.69. The highest BCUT2D eigenvalue weighted by Gasteiger charge is 2.22. The highest BCUT2D eigenvalue weighted by atomic mass is 32.1. The fourth-order valence-electron chi connectivity index (χ4n) is 3.69. The first-order valence-electron chi connectivity index (χ1n) is 9.86. The topological polar surface area (TPSA) is 64.0 Å². The van der Waals surface area contributed by atoms with Crippen molar-refractivity contribution < 1.29 is 4.79 Å². The van der Waals surface area contributed by atoms with Crippen molar-refractivity contribution in [3.05, 3.63) is 26.6 Å². The van der Waals surface area contributed by atoms with E-state index >= 15 is 0 Å². The first kappa shape index (κ1) is 19.1. The number of unbranched alkanes of at least 4 members (excludes halogenated alkanes) is 2. The fraction of sp³-hybridized carbons (Fsp3) is 0.650. The minimum absolute atomic E-state index is 0.0238. The van der Waals surface area contributed by atoms with Crippen molar-refractivity contribution in [2.24, 2.45) is 0 Å². The molecule has 0 spiro atoms. The maximum Gasteiger partial charge on any atom is 0.262 e. The molecular weight excluding hydrogens is 346 g/mol. The van der Waals surface area contributed by atoms with Crippen LogP contribution in [0.15, 0.2) is 4.79 Å². The van der Waals surface area contributed by atoms with Crippen LogP contribution in [-0.2, 0) is 13.0 Å². The molecule has 1 atom stereocenters. The second-order valence-corrected chi connectivity index (χ2v) is 8.40. The lowest BCUT2D eigenvalue weighted by molar-refractivity contribution is 0.0941. The lowest BCUT2D eigenvalue weighted by atomic mass is 10.1. The zero-order chi connectivity index (χ0) is 18.7. The molecule has 1 N–H and O–H groups in total. The number of hydrogen-bond acceptors (Lipinski definition) is 4. The predicted molar refractivity (Wildman–Crippen MR) is 107 cm³/mol. The van der Waals surface area contributed by atoms with E-state index in [0.29, 0.717) is 15.1 Å². The van der Waals surface area contributed by atoms with Gasteiger partial charge in [-0.1, -0.05) is 32.6 Å². The Labute approximate surface area is 158 Å². The molecule has 0 aromatic carbocycles. The molecule has 0 bridgehead atoms. The SMILES string of the molecule is CCCCCC(C)NC(=O)c1sc2nc3n(c(=O)c2c1C)CCCCC3. The number of nitrogens with one attached hydrogen (secondary N) is 1. The molecule has 1 amide bonds. The van der Waals surface area contributed by atoms with E-state index in [1.165, 1.54) is 24.2 Å². The number of aryl methyl sites for hydroxylation is 2. The van der Waals surface area contributed by atoms with Crippen LogP contribution in [0, 0.1) is 6.92 Å². The number of rotatable bonds is 6. The van der Waals surface area contributed by atoms with Gasteiger partial charge in [0.15, 0.2) is 0 Å². The minimum atomic E-state index is -0.0749. The zero-order valence-electron chi connectivity index (χ0n) is 16.1. The van der Waals surface area contributed by atoms with E-state index in [2.05, 4.69) is 12.2 Å². The number of carbonyl (C=O) groups is 1. The van der Waals surface area contributed by atoms with Crippen LogP contribution < -0.4 is 10.9 Å². The lowest BCUT2D eigenvalue weighted by Crippen LogP contribution is -2.32. The Bertz CT molecular complexity index is 853. The van der Waals surface area contributed by atoms with E-state index in [1.807, 2.05) is 18.4 Å². The van der Waals surface area contributed by atoms with Crippen molar-refractivity contribution in [3.8, 4) is 0 Å². The third-order valence-corrected chi connectivity index (χ3v) is 6.42. The van der Waals surface area contributed by atoms with Gasteiger partial charge in [0.05, 0.1) is 10.3 Å². The molecule has 142 valence electrons. The molecule has 2 aromatic rings. The van der Waals surface area contributed by atoms with Gasteiger partial charge >= 0.3 is 0 Å². The van der Waals surface area contributed by atoms with Crippen LogP contribution in [0.1, 0.15) is 79.9 Å². The van der Waals surface area contributed by atoms with Crippen molar-refractivity contribution in [2.75, 3.05) is 0 Å². The minimum Gasteiger partial charge on any atom is -0.349 e. The average molecular weight is 376 g/mol. The number of fused-ring (bicyclic) bond motifs is 2. The first-order chi connectivity index (χ1) is 12.5. The highest BCUT2D eigenvalue weighted by Crippen LogP contribution is 2.28. The van der Waals surface area contributed by atoms with Crippen molar-refractivity contribution in [1.29, 1.82) is 0 Å². The molecule has 5 nitrogen and oxygen atoms in total. The second-order valence-electron chi connectivity index (χ2n) is 7.40. The van der Waals surface area contributed by atoms with Gasteiger partial charge in [-0.3, -0.25) is 14.2 Å². The lowest BCUT2D eigenvalue weighted by Gasteiger charge is -2.13. The molecule has 3 heterocycles. The summed E-state index contributed by atoms with van der Waals surface area (Å²) in [6.07, 6.45) is 8.55. The summed E-state index contributed by atoms with van der Waals surface area (Å²) >= 11 is 1.36. The number of nitrogens with zero attached hydrogens (tertiary/aromatic N) is 2. The van der Waals surface area contributed by atoms with E-state index in [9.17, 15) is 9.59 Å². The van der Waals surface area contributed by atoms with Crippen molar-refractivity contribution >= 4 is 27.5 Å². The summed E-state index contributed by atoms with van der Waals surface area (Å²) < 4.78 is 1.82. The van der Waals surface area contributed by atoms with E-state index in [0.717, 1.165) is 56.5 Å². The normalized spacial score (nSPS) is 15.5. The quantitative estimate of drug-likeness (QED) is 0.770. The molecule has 1 unspecified atom stereocenters. The highest BCUT2D eigenvalue weighted by molar-refractivity contribution is 7.20. The maximum atomic E-state index is 13.0. The van der Waals surface area contributed by atoms with E-state index in [-0.39, 0.29) is 17.5 Å². The molecule has 1 aliphatic heterocycles. The van der Waals surface area contributed by atoms with E-state index < -0.39 is 0 Å². The molecule has 0 saturated heterocycles. The molecule has 1 aliphatic rings. The summed E-state index contributed by atoms with van der Waals surface area (Å²) in [7, 11) is 0. The standard InChI is InChI=1S/C20H29N3O2S/c1-4-5-7-10-13(2)21-18(24)17-14(3)16-19(26-17)22-15-11-8-6-9-12-23(15)20(16)25/h13H,4-12H2,1-3H3,(H,21,24). The van der Waals surface area contributed by atoms with Gasteiger partial charge in [0.1, 0.15) is 10.7 Å². The van der Waals surface area contributed by atoms with Gasteiger partial charge in [0, 0.05) is 19.0 Å². The number of hydrogen-bond donors (Lipinski definition) is 1. The number of carbonyl (C=O) groups excluding carboxylic acids is 1. The van der Waals surface area contributed by atoms with Crippen molar-refractivity contribution in [2.45, 2.75) is 84.7 Å². The summed E-state index contributed by atoms with van der Waals surface area (Å²) in [6.45, 7) is 6.84. The van der Waals surface area contributed by atoms with Gasteiger partial charge in [-0.05, 0) is 38.7 Å². The molecule has 0 fully saturated rings. The van der Waals surface area contributed by atoms with Crippen LogP contribution in [-0.4, -0.2) is 21.5 Å². The van der Waals surface area contributed by atoms with Crippen molar-refractivity contribution in [3.63, 3.8) is 0 Å². The zero-order valence-corrected chi connectivity index (χ0v) is 16.9. The molecule has 3 rings (SSSR count). The maximum absolute atomic E-state index is 13.0. The van der Waals surface area contributed by atoms with Gasteiger partial charge in [-0.25, -0.2) is 4.98 Å². The Kier molecular flexibility index (Phi) is 6.12. The third kappa shape index (κ3) is 3.85. The average Bonchev–Trinajstić information content (AvgIpc) is 2.78.